The Morgan fingerprint density at radius 3 is 2.29 bits per heavy atom. The van der Waals surface area contributed by atoms with Crippen molar-refractivity contribution in [2.24, 2.45) is 5.92 Å². The molecule has 3 aromatic carbocycles. The van der Waals surface area contributed by atoms with Crippen LogP contribution in [0.2, 0.25) is 0 Å². The second-order valence-corrected chi connectivity index (χ2v) is 13.3. The van der Waals surface area contributed by atoms with Crippen LogP contribution in [0.1, 0.15) is 43.1 Å². The van der Waals surface area contributed by atoms with Crippen molar-refractivity contribution in [1.82, 2.24) is 9.62 Å². The molecule has 1 aliphatic rings. The predicted molar refractivity (Wildman–Crippen MR) is 171 cm³/mol. The highest BCUT2D eigenvalue weighted by molar-refractivity contribution is 7.89. The van der Waals surface area contributed by atoms with Gasteiger partial charge in [0.1, 0.15) is 0 Å². The Balaban J connectivity index is 1.55. The van der Waals surface area contributed by atoms with Gasteiger partial charge in [-0.15, -0.1) is 0 Å². The molecule has 12 heteroatoms. The number of carbonyl (C=O) groups excluding carboxylic acids is 3. The first-order valence-electron chi connectivity index (χ1n) is 14.9. The standard InChI is InChI=1S/C33H40N4O7S/c1-4-22(2)19-36(45(42,43)28-16-12-26(34)13-17-28)20-30(39)29(18-24-8-6-5-7-9-24)35-32(40)31-21-37(33(41)44-31)27-14-10-25(11-15-27)23(3)38/h5-17,22,29-31,39H,4,18-21,34H2,1-3H3,(H,35,40)/t22-,29-,30+,31-/m0/s1. The first-order chi connectivity index (χ1) is 21.4. The maximum absolute atomic E-state index is 13.7. The molecule has 1 fully saturated rings. The third kappa shape index (κ3) is 8.47. The number of nitrogens with two attached hydrogens (primary N) is 1. The van der Waals surface area contributed by atoms with Gasteiger partial charge >= 0.3 is 6.09 Å². The minimum Gasteiger partial charge on any atom is -0.434 e. The summed E-state index contributed by atoms with van der Waals surface area (Å²) in [5.41, 5.74) is 7.96. The number of ether oxygens (including phenoxy) is 1. The molecule has 1 heterocycles. The summed E-state index contributed by atoms with van der Waals surface area (Å²) in [5, 5.41) is 14.4. The molecule has 4 atom stereocenters. The third-order valence-electron chi connectivity index (χ3n) is 7.90. The fraction of sp³-hybridized carbons (Fsp3) is 0.364. The Morgan fingerprint density at radius 1 is 1.04 bits per heavy atom. The molecule has 240 valence electrons. The lowest BCUT2D eigenvalue weighted by Gasteiger charge is -2.31. The van der Waals surface area contributed by atoms with E-state index in [9.17, 15) is 27.9 Å². The number of anilines is 2. The van der Waals surface area contributed by atoms with E-state index >= 15 is 0 Å². The van der Waals surface area contributed by atoms with Gasteiger partial charge < -0.3 is 20.9 Å². The van der Waals surface area contributed by atoms with Gasteiger partial charge in [-0.25, -0.2) is 13.2 Å². The molecular weight excluding hydrogens is 596 g/mol. The van der Waals surface area contributed by atoms with Crippen LogP contribution in [0.4, 0.5) is 16.2 Å². The van der Waals surface area contributed by atoms with Gasteiger partial charge in [0.15, 0.2) is 11.9 Å². The summed E-state index contributed by atoms with van der Waals surface area (Å²) in [4.78, 5) is 39.1. The highest BCUT2D eigenvalue weighted by Gasteiger charge is 2.39. The Bertz CT molecular complexity index is 1580. The summed E-state index contributed by atoms with van der Waals surface area (Å²) < 4.78 is 34.0. The number of nitrogens with one attached hydrogen (secondary N) is 1. The molecule has 0 aliphatic carbocycles. The minimum atomic E-state index is -4.01. The van der Waals surface area contributed by atoms with Crippen LogP contribution >= 0.6 is 0 Å². The van der Waals surface area contributed by atoms with Crippen LogP contribution in [0.3, 0.4) is 0 Å². The summed E-state index contributed by atoms with van der Waals surface area (Å²) in [7, 11) is -4.01. The molecule has 0 saturated carbocycles. The molecule has 4 N–H and O–H groups in total. The zero-order valence-corrected chi connectivity index (χ0v) is 26.4. The predicted octanol–water partition coefficient (Wildman–Crippen LogP) is 3.62. The number of hydrogen-bond acceptors (Lipinski definition) is 8. The van der Waals surface area contributed by atoms with Gasteiger partial charge in [0.05, 0.1) is 23.6 Å². The molecule has 11 nitrogen and oxygen atoms in total. The van der Waals surface area contributed by atoms with Crippen LogP contribution in [0.15, 0.2) is 83.8 Å². The molecule has 3 aromatic rings. The van der Waals surface area contributed by atoms with Crippen molar-refractivity contribution >= 4 is 39.2 Å². The summed E-state index contributed by atoms with van der Waals surface area (Å²) in [6.45, 7) is 5.12. The molecule has 2 amide bonds. The average Bonchev–Trinajstić information content (AvgIpc) is 3.42. The lowest BCUT2D eigenvalue weighted by atomic mass is 10.0. The fourth-order valence-corrected chi connectivity index (χ4v) is 6.56. The van der Waals surface area contributed by atoms with Gasteiger partial charge in [0.25, 0.3) is 5.91 Å². The second kappa shape index (κ2) is 14.7. The van der Waals surface area contributed by atoms with Crippen LogP contribution < -0.4 is 16.0 Å². The number of amides is 2. The number of cyclic esters (lactones) is 1. The number of carbonyl (C=O) groups is 3. The number of aliphatic hydroxyl groups is 1. The van der Waals surface area contributed by atoms with E-state index in [1.54, 1.807) is 24.3 Å². The molecule has 0 aromatic heterocycles. The summed E-state index contributed by atoms with van der Waals surface area (Å²) in [6.07, 6.45) is -2.29. The lowest BCUT2D eigenvalue weighted by molar-refractivity contribution is -0.129. The minimum absolute atomic E-state index is 0.00341. The first-order valence-corrected chi connectivity index (χ1v) is 16.3. The van der Waals surface area contributed by atoms with Gasteiger partial charge in [-0.05, 0) is 73.4 Å². The van der Waals surface area contributed by atoms with Gasteiger partial charge in [-0.2, -0.15) is 4.31 Å². The van der Waals surface area contributed by atoms with Crippen LogP contribution in [0, 0.1) is 5.92 Å². The van der Waals surface area contributed by atoms with Crippen LogP contribution in [0.5, 0.6) is 0 Å². The van der Waals surface area contributed by atoms with Gasteiger partial charge in [0, 0.05) is 30.0 Å². The quantitative estimate of drug-likeness (QED) is 0.179. The summed E-state index contributed by atoms with van der Waals surface area (Å²) >= 11 is 0. The fourth-order valence-electron chi connectivity index (χ4n) is 4.99. The molecule has 0 spiro atoms. The van der Waals surface area contributed by atoms with E-state index in [4.69, 9.17) is 10.5 Å². The van der Waals surface area contributed by atoms with Crippen LogP contribution in [-0.2, 0) is 26.0 Å². The van der Waals surface area contributed by atoms with E-state index in [1.807, 2.05) is 44.2 Å². The zero-order chi connectivity index (χ0) is 32.7. The van der Waals surface area contributed by atoms with Gasteiger partial charge in [-0.3, -0.25) is 14.5 Å². The molecule has 1 aliphatic heterocycles. The summed E-state index contributed by atoms with van der Waals surface area (Å²) in [6, 6.07) is 20.5. The summed E-state index contributed by atoms with van der Waals surface area (Å²) in [5.74, 6) is -0.743. The average molecular weight is 637 g/mol. The topological polar surface area (TPSA) is 159 Å². The maximum Gasteiger partial charge on any atom is 0.415 e. The van der Waals surface area contributed by atoms with Crippen molar-refractivity contribution in [2.45, 2.75) is 56.8 Å². The van der Waals surface area contributed by atoms with Crippen molar-refractivity contribution in [2.75, 3.05) is 30.3 Å². The highest BCUT2D eigenvalue weighted by Crippen LogP contribution is 2.24. The number of nitrogen functional groups attached to an aromatic ring is 1. The molecule has 45 heavy (non-hydrogen) atoms. The lowest BCUT2D eigenvalue weighted by Crippen LogP contribution is -2.53. The van der Waals surface area contributed by atoms with E-state index in [1.165, 1.54) is 40.4 Å². The smallest absolute Gasteiger partial charge is 0.415 e. The van der Waals surface area contributed by atoms with E-state index in [-0.39, 0.29) is 42.7 Å². The number of Topliss-reactive ketones (excluding diaryl/α,β-unsaturated/α-hetero) is 1. The Kier molecular flexibility index (Phi) is 11.0. The number of aliphatic hydroxyl groups excluding tert-OH is 1. The number of benzene rings is 3. The SMILES string of the molecule is CC[C@H](C)CN(C[C@@H](O)[C@H](Cc1ccccc1)NC(=O)[C@@H]1CN(c2ccc(C(C)=O)cc2)C(=O)O1)S(=O)(=O)c1ccc(N)cc1. The van der Waals surface area contributed by atoms with Crippen LogP contribution in [0.25, 0.3) is 0 Å². The second-order valence-electron chi connectivity index (χ2n) is 11.4. The van der Waals surface area contributed by atoms with Crippen molar-refractivity contribution in [3.05, 3.63) is 90.0 Å². The Morgan fingerprint density at radius 2 is 1.69 bits per heavy atom. The molecule has 0 radical (unpaired) electrons. The zero-order valence-electron chi connectivity index (χ0n) is 25.6. The van der Waals surface area contributed by atoms with Crippen molar-refractivity contribution < 1.29 is 32.6 Å². The third-order valence-corrected chi connectivity index (χ3v) is 9.75. The van der Waals surface area contributed by atoms with E-state index < -0.39 is 40.3 Å². The monoisotopic (exact) mass is 636 g/mol. The van der Waals surface area contributed by atoms with E-state index in [0.29, 0.717) is 16.9 Å². The number of nitrogens with zero attached hydrogens (tertiary/aromatic N) is 2. The normalized spacial score (nSPS) is 17.0. The van der Waals surface area contributed by atoms with Gasteiger partial charge in [-0.1, -0.05) is 50.6 Å². The molecule has 0 bridgehead atoms. The molecule has 0 unspecified atom stereocenters. The van der Waals surface area contributed by atoms with E-state index in [2.05, 4.69) is 5.32 Å². The highest BCUT2D eigenvalue weighted by atomic mass is 32.2. The van der Waals surface area contributed by atoms with Crippen LogP contribution in [-0.4, -0.2) is 73.5 Å². The molecule has 1 saturated heterocycles. The van der Waals surface area contributed by atoms with Crippen molar-refractivity contribution in [3.63, 3.8) is 0 Å². The Hall–Kier alpha value is -4.26. The number of sulfonamides is 1. The maximum atomic E-state index is 13.7. The molecular formula is C33H40N4O7S. The molecule has 4 rings (SSSR count). The Labute approximate surface area is 264 Å². The number of hydrogen-bond donors (Lipinski definition) is 3. The van der Waals surface area contributed by atoms with Gasteiger partial charge in [0.2, 0.25) is 10.0 Å². The van der Waals surface area contributed by atoms with Crippen molar-refractivity contribution in [3.8, 4) is 0 Å². The number of ketones is 1. The van der Waals surface area contributed by atoms with E-state index in [0.717, 1.165) is 12.0 Å². The van der Waals surface area contributed by atoms with Crippen molar-refractivity contribution in [1.29, 1.82) is 0 Å². The first kappa shape index (κ1) is 33.6. The number of rotatable bonds is 14. The largest absolute Gasteiger partial charge is 0.434 e.